The summed E-state index contributed by atoms with van der Waals surface area (Å²) >= 11 is 1.66. The molecule has 2 heterocycles. The van der Waals surface area contributed by atoms with E-state index in [2.05, 4.69) is 21.8 Å². The number of carbonyl (C=O) groups excluding carboxylic acids is 1. The highest BCUT2D eigenvalue weighted by molar-refractivity contribution is 7.22. The predicted molar refractivity (Wildman–Crippen MR) is 93.6 cm³/mol. The van der Waals surface area contributed by atoms with Gasteiger partial charge >= 0.3 is 6.03 Å². The fraction of sp³-hybridized carbons (Fsp3) is 0.375. The minimum atomic E-state index is -0.0291. The van der Waals surface area contributed by atoms with Gasteiger partial charge in [-0.05, 0) is 18.2 Å². The number of nitrogens with zero attached hydrogens (tertiary/aromatic N) is 3. The van der Waals surface area contributed by atoms with Gasteiger partial charge in [0, 0.05) is 32.7 Å². The van der Waals surface area contributed by atoms with Crippen molar-refractivity contribution in [3.8, 4) is 5.75 Å². The first kappa shape index (κ1) is 15.6. The Labute approximate surface area is 139 Å². The number of aromatic nitrogens is 1. The number of amides is 2. The van der Waals surface area contributed by atoms with Crippen molar-refractivity contribution in [2.45, 2.75) is 0 Å². The number of nitrogens with one attached hydrogen (secondary N) is 1. The van der Waals surface area contributed by atoms with Crippen molar-refractivity contribution in [1.82, 2.24) is 15.2 Å². The second kappa shape index (κ2) is 6.87. The monoisotopic (exact) mass is 332 g/mol. The van der Waals surface area contributed by atoms with Crippen LogP contribution in [0.4, 0.5) is 9.93 Å². The van der Waals surface area contributed by atoms with Gasteiger partial charge in [-0.25, -0.2) is 9.78 Å². The van der Waals surface area contributed by atoms with E-state index in [-0.39, 0.29) is 6.03 Å². The summed E-state index contributed by atoms with van der Waals surface area (Å²) in [4.78, 5) is 20.7. The van der Waals surface area contributed by atoms with Crippen LogP contribution in [-0.4, -0.2) is 55.7 Å². The molecule has 1 aliphatic rings. The van der Waals surface area contributed by atoms with Crippen molar-refractivity contribution in [3.63, 3.8) is 0 Å². The van der Waals surface area contributed by atoms with Gasteiger partial charge in [0.2, 0.25) is 0 Å². The van der Waals surface area contributed by atoms with Gasteiger partial charge in [-0.2, -0.15) is 0 Å². The fourth-order valence-corrected chi connectivity index (χ4v) is 3.57. The quantitative estimate of drug-likeness (QED) is 0.873. The second-order valence-electron chi connectivity index (χ2n) is 5.28. The Bertz CT molecular complexity index is 707. The van der Waals surface area contributed by atoms with Gasteiger partial charge in [-0.1, -0.05) is 17.4 Å². The van der Waals surface area contributed by atoms with E-state index in [0.717, 1.165) is 34.2 Å². The maximum absolute atomic E-state index is 11.9. The number of piperazine rings is 1. The molecule has 1 saturated heterocycles. The molecule has 1 aromatic heterocycles. The number of benzene rings is 1. The topological polar surface area (TPSA) is 57.7 Å². The third-order valence-corrected chi connectivity index (χ3v) is 4.90. The molecule has 2 amide bonds. The van der Waals surface area contributed by atoms with E-state index in [9.17, 15) is 4.79 Å². The SMILES string of the molecule is C=CCNC(=O)N1CCN(c2nc3ccc(OC)cc3s2)CC1. The summed E-state index contributed by atoms with van der Waals surface area (Å²) in [6.45, 7) is 7.08. The first-order chi connectivity index (χ1) is 11.2. The van der Waals surface area contributed by atoms with E-state index in [1.54, 1.807) is 24.5 Å². The van der Waals surface area contributed by atoms with Crippen molar-refractivity contribution < 1.29 is 9.53 Å². The van der Waals surface area contributed by atoms with E-state index in [4.69, 9.17) is 4.74 Å². The predicted octanol–water partition coefficient (Wildman–Crippen LogP) is 2.32. The molecule has 1 aromatic carbocycles. The molecule has 0 radical (unpaired) electrons. The summed E-state index contributed by atoms with van der Waals surface area (Å²) in [5.41, 5.74) is 0.983. The summed E-state index contributed by atoms with van der Waals surface area (Å²) in [5.74, 6) is 0.844. The number of methoxy groups -OCH3 is 1. The molecule has 0 spiro atoms. The lowest BCUT2D eigenvalue weighted by Crippen LogP contribution is -2.51. The summed E-state index contributed by atoms with van der Waals surface area (Å²) < 4.78 is 6.37. The van der Waals surface area contributed by atoms with Crippen LogP contribution in [0.2, 0.25) is 0 Å². The van der Waals surface area contributed by atoms with Gasteiger partial charge < -0.3 is 19.9 Å². The zero-order valence-corrected chi connectivity index (χ0v) is 13.9. The number of urea groups is 1. The van der Waals surface area contributed by atoms with Crippen LogP contribution >= 0.6 is 11.3 Å². The number of hydrogen-bond donors (Lipinski definition) is 1. The number of ether oxygens (including phenoxy) is 1. The fourth-order valence-electron chi connectivity index (χ4n) is 2.53. The van der Waals surface area contributed by atoms with Crippen LogP contribution in [0.25, 0.3) is 10.2 Å². The van der Waals surface area contributed by atoms with Crippen LogP contribution in [0.1, 0.15) is 0 Å². The first-order valence-electron chi connectivity index (χ1n) is 7.54. The van der Waals surface area contributed by atoms with Gasteiger partial charge in [0.05, 0.1) is 17.3 Å². The molecular weight excluding hydrogens is 312 g/mol. The first-order valence-corrected chi connectivity index (χ1v) is 8.36. The average Bonchev–Trinajstić information content (AvgIpc) is 3.02. The number of rotatable bonds is 4. The molecule has 0 saturated carbocycles. The summed E-state index contributed by atoms with van der Waals surface area (Å²) in [5, 5.41) is 3.81. The number of anilines is 1. The number of thiazole rings is 1. The molecule has 122 valence electrons. The molecule has 3 rings (SSSR count). The van der Waals surface area contributed by atoms with Crippen LogP contribution in [0.5, 0.6) is 5.75 Å². The third kappa shape index (κ3) is 3.39. The molecular formula is C16H20N4O2S. The highest BCUT2D eigenvalue weighted by Gasteiger charge is 2.22. The van der Waals surface area contributed by atoms with Crippen LogP contribution in [-0.2, 0) is 0 Å². The largest absolute Gasteiger partial charge is 0.497 e. The molecule has 2 aromatic rings. The van der Waals surface area contributed by atoms with E-state index >= 15 is 0 Å². The smallest absolute Gasteiger partial charge is 0.317 e. The number of fused-ring (bicyclic) bond motifs is 1. The second-order valence-corrected chi connectivity index (χ2v) is 6.29. The van der Waals surface area contributed by atoms with Crippen LogP contribution in [0, 0.1) is 0 Å². The van der Waals surface area contributed by atoms with Gasteiger partial charge in [0.1, 0.15) is 5.75 Å². The maximum atomic E-state index is 11.9. The minimum Gasteiger partial charge on any atom is -0.497 e. The molecule has 0 atom stereocenters. The lowest BCUT2D eigenvalue weighted by atomic mass is 10.3. The summed E-state index contributed by atoms with van der Waals surface area (Å²) in [7, 11) is 1.67. The Kier molecular flexibility index (Phi) is 4.66. The normalized spacial score (nSPS) is 14.8. The maximum Gasteiger partial charge on any atom is 0.317 e. The van der Waals surface area contributed by atoms with Gasteiger partial charge in [-0.15, -0.1) is 6.58 Å². The molecule has 1 aliphatic heterocycles. The van der Waals surface area contributed by atoms with E-state index in [1.165, 1.54) is 0 Å². The Balaban J connectivity index is 1.65. The Morgan fingerprint density at radius 3 is 2.91 bits per heavy atom. The van der Waals surface area contributed by atoms with Crippen molar-refractivity contribution in [2.75, 3.05) is 44.7 Å². The molecule has 1 N–H and O–H groups in total. The molecule has 23 heavy (non-hydrogen) atoms. The van der Waals surface area contributed by atoms with Crippen molar-refractivity contribution in [2.24, 2.45) is 0 Å². The molecule has 1 fully saturated rings. The van der Waals surface area contributed by atoms with Crippen molar-refractivity contribution in [1.29, 1.82) is 0 Å². The Morgan fingerprint density at radius 2 is 2.22 bits per heavy atom. The lowest BCUT2D eigenvalue weighted by Gasteiger charge is -2.34. The zero-order valence-electron chi connectivity index (χ0n) is 13.1. The summed E-state index contributed by atoms with van der Waals surface area (Å²) in [6.07, 6.45) is 1.68. The minimum absolute atomic E-state index is 0.0291. The Hall–Kier alpha value is -2.28. The third-order valence-electron chi connectivity index (χ3n) is 3.82. The summed E-state index contributed by atoms with van der Waals surface area (Å²) in [6, 6.07) is 5.88. The van der Waals surface area contributed by atoms with Crippen LogP contribution < -0.4 is 15.0 Å². The van der Waals surface area contributed by atoms with E-state index in [0.29, 0.717) is 19.6 Å². The number of carbonyl (C=O) groups is 1. The standard InChI is InChI=1S/C16H20N4O2S/c1-3-6-17-15(21)19-7-9-20(10-8-19)16-18-13-5-4-12(22-2)11-14(13)23-16/h3-5,11H,1,6-10H2,2H3,(H,17,21). The molecule has 6 nitrogen and oxygen atoms in total. The average molecular weight is 332 g/mol. The van der Waals surface area contributed by atoms with Crippen molar-refractivity contribution in [3.05, 3.63) is 30.9 Å². The van der Waals surface area contributed by atoms with E-state index in [1.807, 2.05) is 23.1 Å². The number of hydrogen-bond acceptors (Lipinski definition) is 5. The van der Waals surface area contributed by atoms with Crippen molar-refractivity contribution >= 4 is 32.7 Å². The molecule has 0 aliphatic carbocycles. The van der Waals surface area contributed by atoms with Crippen LogP contribution in [0.15, 0.2) is 30.9 Å². The van der Waals surface area contributed by atoms with E-state index < -0.39 is 0 Å². The van der Waals surface area contributed by atoms with Gasteiger partial charge in [-0.3, -0.25) is 0 Å². The van der Waals surface area contributed by atoms with Gasteiger partial charge in [0.15, 0.2) is 5.13 Å². The Morgan fingerprint density at radius 1 is 1.43 bits per heavy atom. The highest BCUT2D eigenvalue weighted by Crippen LogP contribution is 2.31. The molecule has 0 bridgehead atoms. The molecule has 7 heteroatoms. The zero-order chi connectivity index (χ0) is 16.2. The molecule has 0 unspecified atom stereocenters. The highest BCUT2D eigenvalue weighted by atomic mass is 32.1. The lowest BCUT2D eigenvalue weighted by molar-refractivity contribution is 0.195. The van der Waals surface area contributed by atoms with Gasteiger partial charge in [0.25, 0.3) is 0 Å². The van der Waals surface area contributed by atoms with Crippen LogP contribution in [0.3, 0.4) is 0 Å².